The Morgan fingerprint density at radius 2 is 2.19 bits per heavy atom. The van der Waals surface area contributed by atoms with E-state index >= 15 is 0 Å². The number of anilines is 1. The zero-order chi connectivity index (χ0) is 11.9. The first kappa shape index (κ1) is 10.7. The molecule has 1 aromatic heterocycles. The molecule has 2 heterocycles. The summed E-state index contributed by atoms with van der Waals surface area (Å²) in [6, 6.07) is 1.89. The minimum Gasteiger partial charge on any atom is -0.479 e. The third kappa shape index (κ3) is 1.58. The number of hydrogen-bond acceptors (Lipinski definition) is 4. The van der Waals surface area contributed by atoms with Crippen LogP contribution in [-0.2, 0) is 10.3 Å². The number of methoxy groups -OCH3 is 1. The molecule has 1 aromatic rings. The molecule has 1 aliphatic rings. The van der Waals surface area contributed by atoms with E-state index in [-0.39, 0.29) is 0 Å². The molecule has 1 N–H and O–H groups in total. The lowest BCUT2D eigenvalue weighted by atomic mass is 9.95. The number of pyridine rings is 1. The Labute approximate surface area is 93.8 Å². The number of carbonyl (C=O) groups is 1. The second kappa shape index (κ2) is 3.37. The summed E-state index contributed by atoms with van der Waals surface area (Å²) >= 11 is 0. The number of rotatable bonds is 1. The number of cyclic esters (lactones) is 1. The topological polar surface area (TPSA) is 60.5 Å². The highest BCUT2D eigenvalue weighted by atomic mass is 16.6. The molecule has 0 fully saturated rings. The number of amides is 1. The van der Waals surface area contributed by atoms with E-state index in [0.29, 0.717) is 11.6 Å². The summed E-state index contributed by atoms with van der Waals surface area (Å²) < 4.78 is 10.4. The highest BCUT2D eigenvalue weighted by Gasteiger charge is 2.35. The third-order valence-electron chi connectivity index (χ3n) is 2.53. The number of nitrogens with zero attached hydrogens (tertiary/aromatic N) is 1. The van der Waals surface area contributed by atoms with Crippen molar-refractivity contribution in [3.63, 3.8) is 0 Å². The lowest BCUT2D eigenvalue weighted by Crippen LogP contribution is -2.35. The molecule has 5 nitrogen and oxygen atoms in total. The molecule has 86 valence electrons. The number of ether oxygens (including phenoxy) is 2. The second-order valence-electron chi connectivity index (χ2n) is 4.22. The lowest BCUT2D eigenvalue weighted by Gasteiger charge is -2.33. The number of fused-ring (bicyclic) bond motifs is 1. The van der Waals surface area contributed by atoms with Crippen LogP contribution in [0.3, 0.4) is 0 Å². The van der Waals surface area contributed by atoms with Crippen LogP contribution < -0.4 is 10.1 Å². The largest absolute Gasteiger partial charge is 0.479 e. The molecule has 16 heavy (non-hydrogen) atoms. The van der Waals surface area contributed by atoms with Crippen LogP contribution in [0.15, 0.2) is 6.07 Å². The average Bonchev–Trinajstić information content (AvgIpc) is 2.17. The molecule has 0 unspecified atom stereocenters. The van der Waals surface area contributed by atoms with E-state index in [9.17, 15) is 4.79 Å². The minimum absolute atomic E-state index is 0.416. The van der Waals surface area contributed by atoms with Crippen LogP contribution in [0.1, 0.15) is 25.1 Å². The van der Waals surface area contributed by atoms with Gasteiger partial charge in [0.2, 0.25) is 5.88 Å². The van der Waals surface area contributed by atoms with Gasteiger partial charge in [-0.05, 0) is 26.8 Å². The van der Waals surface area contributed by atoms with Crippen molar-refractivity contribution in [3.05, 3.63) is 17.3 Å². The van der Waals surface area contributed by atoms with E-state index in [1.165, 1.54) is 7.11 Å². The second-order valence-corrected chi connectivity index (χ2v) is 4.22. The molecule has 0 bridgehead atoms. The zero-order valence-electron chi connectivity index (χ0n) is 9.75. The number of aromatic nitrogens is 1. The summed E-state index contributed by atoms with van der Waals surface area (Å²) in [4.78, 5) is 15.6. The smallest absolute Gasteiger partial charge is 0.412 e. The van der Waals surface area contributed by atoms with Crippen LogP contribution in [0.2, 0.25) is 0 Å². The van der Waals surface area contributed by atoms with E-state index in [1.807, 2.05) is 26.8 Å². The van der Waals surface area contributed by atoms with Gasteiger partial charge in [0.25, 0.3) is 0 Å². The normalized spacial score (nSPS) is 17.1. The molecule has 0 aromatic carbocycles. The first-order valence-corrected chi connectivity index (χ1v) is 5.00. The van der Waals surface area contributed by atoms with Crippen LogP contribution in [-0.4, -0.2) is 18.2 Å². The highest BCUT2D eigenvalue weighted by Crippen LogP contribution is 2.40. The Kier molecular flexibility index (Phi) is 2.26. The van der Waals surface area contributed by atoms with E-state index in [1.54, 1.807) is 0 Å². The number of hydrogen-bond donors (Lipinski definition) is 1. The monoisotopic (exact) mass is 222 g/mol. The molecular weight excluding hydrogens is 208 g/mol. The van der Waals surface area contributed by atoms with Gasteiger partial charge in [-0.2, -0.15) is 0 Å². The Hall–Kier alpha value is -1.78. The predicted octanol–water partition coefficient (Wildman–Crippen LogP) is 2.20. The fraction of sp³-hybridized carbons (Fsp3) is 0.455. The molecule has 0 spiro atoms. The Balaban J connectivity index is 2.66. The first-order valence-electron chi connectivity index (χ1n) is 5.00. The molecule has 1 amide bonds. The summed E-state index contributed by atoms with van der Waals surface area (Å²) in [5.74, 6) is 0.416. The molecule has 5 heteroatoms. The summed E-state index contributed by atoms with van der Waals surface area (Å²) in [7, 11) is 1.52. The Morgan fingerprint density at radius 1 is 1.50 bits per heavy atom. The van der Waals surface area contributed by atoms with Crippen molar-refractivity contribution in [2.45, 2.75) is 26.4 Å². The lowest BCUT2D eigenvalue weighted by molar-refractivity contribution is 0.0415. The minimum atomic E-state index is -0.668. The molecule has 2 rings (SSSR count). The van der Waals surface area contributed by atoms with Crippen molar-refractivity contribution >= 4 is 11.8 Å². The van der Waals surface area contributed by atoms with Crippen LogP contribution in [0.5, 0.6) is 5.88 Å². The Morgan fingerprint density at radius 3 is 2.81 bits per heavy atom. The van der Waals surface area contributed by atoms with Gasteiger partial charge in [-0.15, -0.1) is 0 Å². The summed E-state index contributed by atoms with van der Waals surface area (Å²) in [5, 5.41) is 2.61. The summed E-state index contributed by atoms with van der Waals surface area (Å²) in [6.45, 7) is 5.54. The molecule has 0 aliphatic carbocycles. The third-order valence-corrected chi connectivity index (χ3v) is 2.53. The van der Waals surface area contributed by atoms with Gasteiger partial charge < -0.3 is 9.47 Å². The standard InChI is InChI=1S/C11H14N2O3/c1-6-5-7-8(9(12-6)15-4)13-10(14)16-11(7,2)3/h5H,1-4H3,(H,13,14). The van der Waals surface area contributed by atoms with Crippen molar-refractivity contribution in [2.24, 2.45) is 0 Å². The fourth-order valence-corrected chi connectivity index (χ4v) is 1.80. The zero-order valence-corrected chi connectivity index (χ0v) is 9.75. The van der Waals surface area contributed by atoms with Gasteiger partial charge in [0, 0.05) is 11.3 Å². The maximum Gasteiger partial charge on any atom is 0.412 e. The van der Waals surface area contributed by atoms with Crippen molar-refractivity contribution in [3.8, 4) is 5.88 Å². The SMILES string of the molecule is COc1nc(C)cc2c1NC(=O)OC2(C)C. The van der Waals surface area contributed by atoms with Crippen molar-refractivity contribution in [1.29, 1.82) is 0 Å². The van der Waals surface area contributed by atoms with Gasteiger partial charge in [0.1, 0.15) is 11.3 Å². The molecule has 1 aliphatic heterocycles. The first-order chi connectivity index (χ1) is 7.44. The van der Waals surface area contributed by atoms with Crippen molar-refractivity contribution in [2.75, 3.05) is 12.4 Å². The van der Waals surface area contributed by atoms with Crippen LogP contribution >= 0.6 is 0 Å². The van der Waals surface area contributed by atoms with Gasteiger partial charge in [-0.1, -0.05) is 0 Å². The highest BCUT2D eigenvalue weighted by molar-refractivity contribution is 5.90. The molecular formula is C11H14N2O3. The maximum atomic E-state index is 11.4. The number of aryl methyl sites for hydroxylation is 1. The molecule has 0 saturated carbocycles. The van der Waals surface area contributed by atoms with E-state index in [2.05, 4.69) is 10.3 Å². The number of carbonyl (C=O) groups excluding carboxylic acids is 1. The summed E-state index contributed by atoms with van der Waals surface area (Å²) in [6.07, 6.45) is -0.485. The molecule has 0 saturated heterocycles. The Bertz CT molecular complexity index is 455. The van der Waals surface area contributed by atoms with Gasteiger partial charge in [-0.3, -0.25) is 5.32 Å². The fourth-order valence-electron chi connectivity index (χ4n) is 1.80. The van der Waals surface area contributed by atoms with Gasteiger partial charge in [0.05, 0.1) is 7.11 Å². The van der Waals surface area contributed by atoms with Crippen LogP contribution in [0, 0.1) is 6.92 Å². The average molecular weight is 222 g/mol. The van der Waals surface area contributed by atoms with Crippen molar-refractivity contribution < 1.29 is 14.3 Å². The van der Waals surface area contributed by atoms with Gasteiger partial charge >= 0.3 is 6.09 Å². The molecule has 0 atom stereocenters. The summed E-state index contributed by atoms with van der Waals surface area (Å²) in [5.41, 5.74) is 1.62. The maximum absolute atomic E-state index is 11.4. The van der Waals surface area contributed by atoms with Crippen LogP contribution in [0.25, 0.3) is 0 Å². The quantitative estimate of drug-likeness (QED) is 0.791. The van der Waals surface area contributed by atoms with Crippen LogP contribution in [0.4, 0.5) is 10.5 Å². The van der Waals surface area contributed by atoms with Crippen molar-refractivity contribution in [1.82, 2.24) is 4.98 Å². The number of nitrogens with one attached hydrogen (secondary N) is 1. The molecule has 0 radical (unpaired) electrons. The van der Waals surface area contributed by atoms with E-state index in [0.717, 1.165) is 11.3 Å². The van der Waals surface area contributed by atoms with Gasteiger partial charge in [-0.25, -0.2) is 9.78 Å². The van der Waals surface area contributed by atoms with E-state index < -0.39 is 11.7 Å². The van der Waals surface area contributed by atoms with Gasteiger partial charge in [0.15, 0.2) is 0 Å². The predicted molar refractivity (Wildman–Crippen MR) is 58.7 cm³/mol. The van der Waals surface area contributed by atoms with E-state index in [4.69, 9.17) is 9.47 Å².